The normalized spacial score (nSPS) is 19.5. The van der Waals surface area contributed by atoms with E-state index in [1.807, 2.05) is 55.1 Å². The lowest BCUT2D eigenvalue weighted by molar-refractivity contribution is -0.120. The summed E-state index contributed by atoms with van der Waals surface area (Å²) in [5, 5.41) is 2.76. The molecule has 30 heavy (non-hydrogen) atoms. The summed E-state index contributed by atoms with van der Waals surface area (Å²) in [5.74, 6) is -0.286. The Hall–Kier alpha value is -3.06. The molecule has 2 aliphatic rings. The number of halogens is 1. The molecule has 1 N–H and O–H groups in total. The van der Waals surface area contributed by atoms with Gasteiger partial charge in [0, 0.05) is 37.3 Å². The van der Waals surface area contributed by atoms with Crippen molar-refractivity contribution in [1.82, 2.24) is 10.2 Å². The fourth-order valence-corrected chi connectivity index (χ4v) is 4.33. The summed E-state index contributed by atoms with van der Waals surface area (Å²) in [7, 11) is 0. The first kappa shape index (κ1) is 20.2. The summed E-state index contributed by atoms with van der Waals surface area (Å²) in [6.45, 7) is 5.71. The Kier molecular flexibility index (Phi) is 5.39. The van der Waals surface area contributed by atoms with E-state index in [0.717, 1.165) is 16.8 Å². The zero-order valence-corrected chi connectivity index (χ0v) is 17.6. The number of likely N-dealkylation sites (N-methyl/N-ethyl adjacent to an activating group) is 1. The quantitative estimate of drug-likeness (QED) is 0.799. The molecular weight excluding hydrogens is 404 g/mol. The van der Waals surface area contributed by atoms with Gasteiger partial charge < -0.3 is 4.90 Å². The second-order valence-electron chi connectivity index (χ2n) is 7.48. The van der Waals surface area contributed by atoms with Crippen molar-refractivity contribution in [3.63, 3.8) is 0 Å². The molecule has 156 valence electrons. The highest BCUT2D eigenvalue weighted by molar-refractivity contribution is 6.36. The van der Waals surface area contributed by atoms with Crippen LogP contribution in [-0.2, 0) is 4.79 Å². The van der Waals surface area contributed by atoms with Crippen molar-refractivity contribution in [3.8, 4) is 11.1 Å². The van der Waals surface area contributed by atoms with Crippen molar-refractivity contribution in [2.45, 2.75) is 26.3 Å². The molecule has 0 spiro atoms. The molecule has 0 aromatic heterocycles. The van der Waals surface area contributed by atoms with Gasteiger partial charge in [-0.05, 0) is 37.6 Å². The molecule has 5 amide bonds. The Morgan fingerprint density at radius 3 is 2.47 bits per heavy atom. The molecule has 0 aliphatic carbocycles. The number of nitrogens with zero attached hydrogens (tertiary/aromatic N) is 3. The average Bonchev–Trinajstić information content (AvgIpc) is 3.02. The lowest BCUT2D eigenvalue weighted by atomic mass is 10.0. The lowest BCUT2D eigenvalue weighted by Gasteiger charge is -2.28. The van der Waals surface area contributed by atoms with Gasteiger partial charge in [-0.1, -0.05) is 35.9 Å². The molecule has 1 atom stereocenters. The molecule has 0 saturated carbocycles. The second kappa shape index (κ2) is 7.99. The summed E-state index contributed by atoms with van der Waals surface area (Å²) in [5.41, 5.74) is 3.06. The molecule has 2 aromatic carbocycles. The molecule has 2 aliphatic heterocycles. The van der Waals surface area contributed by atoms with Gasteiger partial charge in [0.1, 0.15) is 0 Å². The molecule has 7 nitrogen and oxygen atoms in total. The number of rotatable bonds is 4. The first-order valence-electron chi connectivity index (χ1n) is 9.99. The molecule has 2 aromatic rings. The van der Waals surface area contributed by atoms with Crippen LogP contribution in [0.2, 0.25) is 5.02 Å². The Morgan fingerprint density at radius 1 is 1.10 bits per heavy atom. The van der Waals surface area contributed by atoms with Gasteiger partial charge in [0.25, 0.3) is 0 Å². The molecule has 4 rings (SSSR count). The van der Waals surface area contributed by atoms with E-state index in [2.05, 4.69) is 5.32 Å². The average molecular weight is 427 g/mol. The number of hydrogen-bond acceptors (Lipinski definition) is 3. The van der Waals surface area contributed by atoms with Crippen LogP contribution < -0.4 is 15.1 Å². The minimum absolute atomic E-state index is 0.0171. The number of anilines is 2. The summed E-state index contributed by atoms with van der Waals surface area (Å²) in [6, 6.07) is 12.8. The topological polar surface area (TPSA) is 73.0 Å². The van der Waals surface area contributed by atoms with E-state index in [9.17, 15) is 14.4 Å². The highest BCUT2D eigenvalue weighted by Gasteiger charge is 2.34. The van der Waals surface area contributed by atoms with Crippen LogP contribution in [0.4, 0.5) is 21.0 Å². The van der Waals surface area contributed by atoms with Crippen LogP contribution in [0.15, 0.2) is 42.5 Å². The summed E-state index contributed by atoms with van der Waals surface area (Å²) >= 11 is 6.65. The summed E-state index contributed by atoms with van der Waals surface area (Å²) in [6.07, 6.45) is 0.234. The minimum Gasteiger partial charge on any atom is -0.323 e. The predicted octanol–water partition coefficient (Wildman–Crippen LogP) is 4.10. The number of urea groups is 2. The maximum absolute atomic E-state index is 12.6. The molecule has 0 bridgehead atoms. The van der Waals surface area contributed by atoms with Gasteiger partial charge in [0.15, 0.2) is 0 Å². The van der Waals surface area contributed by atoms with Crippen molar-refractivity contribution in [3.05, 3.63) is 47.5 Å². The standard InChI is InChI=1S/C22H23ClN4O3/c1-3-25-13-14(2)27(22(25)30)16-9-7-15(8-10-16)17-5-4-6-18(20(17)23)26-12-11-19(28)24-21(26)29/h4-10,14H,3,11-13H2,1-2H3,(H,24,28,29). The molecule has 8 heteroatoms. The molecule has 2 heterocycles. The Labute approximate surface area is 180 Å². The number of amides is 5. The van der Waals surface area contributed by atoms with Crippen LogP contribution in [0.1, 0.15) is 20.3 Å². The number of benzene rings is 2. The summed E-state index contributed by atoms with van der Waals surface area (Å²) < 4.78 is 0. The predicted molar refractivity (Wildman–Crippen MR) is 117 cm³/mol. The third-order valence-corrected chi connectivity index (χ3v) is 5.96. The molecule has 2 fully saturated rings. The molecular formula is C22H23ClN4O3. The smallest absolute Gasteiger partial charge is 0.323 e. The summed E-state index contributed by atoms with van der Waals surface area (Å²) in [4.78, 5) is 41.3. The first-order valence-corrected chi connectivity index (χ1v) is 10.4. The number of hydrogen-bond donors (Lipinski definition) is 1. The van der Waals surface area contributed by atoms with Crippen LogP contribution in [0.5, 0.6) is 0 Å². The van der Waals surface area contributed by atoms with Gasteiger partial charge in [-0.2, -0.15) is 0 Å². The third-order valence-electron chi connectivity index (χ3n) is 5.56. The maximum atomic E-state index is 12.6. The van der Waals surface area contributed by atoms with Crippen molar-refractivity contribution in [1.29, 1.82) is 0 Å². The van der Waals surface area contributed by atoms with E-state index in [4.69, 9.17) is 11.6 Å². The maximum Gasteiger partial charge on any atom is 0.328 e. The van der Waals surface area contributed by atoms with Crippen molar-refractivity contribution >= 4 is 40.9 Å². The van der Waals surface area contributed by atoms with Crippen molar-refractivity contribution < 1.29 is 14.4 Å². The lowest BCUT2D eigenvalue weighted by Crippen LogP contribution is -2.49. The van der Waals surface area contributed by atoms with E-state index >= 15 is 0 Å². The fraction of sp³-hybridized carbons (Fsp3) is 0.318. The van der Waals surface area contributed by atoms with Gasteiger partial charge >= 0.3 is 12.1 Å². The van der Waals surface area contributed by atoms with E-state index in [1.165, 1.54) is 4.90 Å². The van der Waals surface area contributed by atoms with Crippen LogP contribution >= 0.6 is 11.6 Å². The fourth-order valence-electron chi connectivity index (χ4n) is 4.00. The van der Waals surface area contributed by atoms with Gasteiger partial charge in [-0.15, -0.1) is 0 Å². The van der Waals surface area contributed by atoms with E-state index in [-0.39, 0.29) is 30.9 Å². The molecule has 1 unspecified atom stereocenters. The van der Waals surface area contributed by atoms with Gasteiger partial charge in [-0.3, -0.25) is 19.9 Å². The monoisotopic (exact) mass is 426 g/mol. The van der Waals surface area contributed by atoms with E-state index in [0.29, 0.717) is 23.8 Å². The van der Waals surface area contributed by atoms with Gasteiger partial charge in [-0.25, -0.2) is 9.59 Å². The van der Waals surface area contributed by atoms with Gasteiger partial charge in [0.05, 0.1) is 16.8 Å². The Morgan fingerprint density at radius 2 is 1.83 bits per heavy atom. The van der Waals surface area contributed by atoms with Crippen molar-refractivity contribution in [2.24, 2.45) is 0 Å². The Bertz CT molecular complexity index is 1010. The van der Waals surface area contributed by atoms with Crippen LogP contribution in [-0.4, -0.2) is 48.5 Å². The SMILES string of the molecule is CCN1CC(C)N(c2ccc(-c3cccc(N4CCC(=O)NC4=O)c3Cl)cc2)C1=O. The van der Waals surface area contributed by atoms with Gasteiger partial charge in [0.2, 0.25) is 5.91 Å². The second-order valence-corrected chi connectivity index (χ2v) is 7.86. The molecule has 0 radical (unpaired) electrons. The zero-order chi connectivity index (χ0) is 21.4. The Balaban J connectivity index is 1.62. The van der Waals surface area contributed by atoms with Crippen LogP contribution in [0, 0.1) is 0 Å². The number of carbonyl (C=O) groups excluding carboxylic acids is 3. The van der Waals surface area contributed by atoms with Crippen LogP contribution in [0.3, 0.4) is 0 Å². The number of nitrogens with one attached hydrogen (secondary N) is 1. The largest absolute Gasteiger partial charge is 0.328 e. The first-order chi connectivity index (χ1) is 14.4. The zero-order valence-electron chi connectivity index (χ0n) is 16.9. The highest BCUT2D eigenvalue weighted by atomic mass is 35.5. The minimum atomic E-state index is -0.470. The molecule has 2 saturated heterocycles. The van der Waals surface area contributed by atoms with E-state index in [1.54, 1.807) is 11.0 Å². The van der Waals surface area contributed by atoms with Crippen LogP contribution in [0.25, 0.3) is 11.1 Å². The highest BCUT2D eigenvalue weighted by Crippen LogP contribution is 2.37. The number of carbonyl (C=O) groups is 3. The van der Waals surface area contributed by atoms with E-state index < -0.39 is 6.03 Å². The number of imide groups is 1. The van der Waals surface area contributed by atoms with Crippen molar-refractivity contribution in [2.75, 3.05) is 29.4 Å². The third kappa shape index (κ3) is 3.50.